The van der Waals surface area contributed by atoms with E-state index in [1.54, 1.807) is 49.8 Å². The lowest BCUT2D eigenvalue weighted by molar-refractivity contribution is -0.149. The predicted molar refractivity (Wildman–Crippen MR) is 357 cm³/mol. The van der Waals surface area contributed by atoms with Gasteiger partial charge in [0.1, 0.15) is 24.2 Å². The van der Waals surface area contributed by atoms with Gasteiger partial charge in [-0.15, -0.1) is 0 Å². The minimum Gasteiger partial charge on any atom is -0.467 e. The number of unbranched alkanes of at least 4 members (excludes halogenated alkanes) is 2. The fourth-order valence-electron chi connectivity index (χ4n) is 12.4. The number of nitrogens with two attached hydrogens (primary N) is 1. The number of urea groups is 1. The van der Waals surface area contributed by atoms with E-state index < -0.39 is 90.1 Å². The molecule has 0 saturated carbocycles. The molecular weight excluding hydrogens is 1210 g/mol. The van der Waals surface area contributed by atoms with Gasteiger partial charge in [-0.2, -0.15) is 0 Å². The zero-order valence-electron chi connectivity index (χ0n) is 57.8. The molecule has 0 spiro atoms. The average Bonchev–Trinajstić information content (AvgIpc) is 1.36. The van der Waals surface area contributed by atoms with Crippen molar-refractivity contribution in [3.63, 3.8) is 0 Å². The Kier molecular flexibility index (Phi) is 32.8. The number of ether oxygens (including phenoxy) is 3. The van der Waals surface area contributed by atoms with Crippen molar-refractivity contribution in [3.05, 3.63) is 77.9 Å². The molecule has 2 heterocycles. The Balaban J connectivity index is 1.39. The highest BCUT2D eigenvalue weighted by Gasteiger charge is 2.44. The first-order valence-corrected chi connectivity index (χ1v) is 33.2. The van der Waals surface area contributed by atoms with Crippen LogP contribution in [-0.2, 0) is 75.0 Å². The summed E-state index contributed by atoms with van der Waals surface area (Å²) in [6, 6.07) is 10.1. The Labute approximate surface area is 555 Å². The van der Waals surface area contributed by atoms with Crippen LogP contribution in [0.2, 0.25) is 0 Å². The highest BCUT2D eigenvalue weighted by atomic mass is 16.5. The number of amides is 11. The summed E-state index contributed by atoms with van der Waals surface area (Å²) in [4.78, 5) is 153. The fourth-order valence-corrected chi connectivity index (χ4v) is 12.4. The van der Waals surface area contributed by atoms with Crippen LogP contribution in [-0.4, -0.2) is 201 Å². The van der Waals surface area contributed by atoms with Crippen molar-refractivity contribution < 1.29 is 67.0 Å². The molecule has 25 nitrogen and oxygen atoms in total. The third kappa shape index (κ3) is 23.6. The average molecular weight is 1310 g/mol. The van der Waals surface area contributed by atoms with E-state index in [0.717, 1.165) is 16.0 Å². The number of nitrogens with zero attached hydrogens (tertiary/aromatic N) is 4. The van der Waals surface area contributed by atoms with Crippen molar-refractivity contribution in [2.24, 2.45) is 35.3 Å². The van der Waals surface area contributed by atoms with Gasteiger partial charge < -0.3 is 61.6 Å². The van der Waals surface area contributed by atoms with Gasteiger partial charge >= 0.3 is 12.0 Å². The number of carbonyl (C=O) groups excluding carboxylic acids is 11. The molecule has 11 atom stereocenters. The largest absolute Gasteiger partial charge is 0.467 e. The van der Waals surface area contributed by atoms with E-state index in [1.807, 2.05) is 96.0 Å². The van der Waals surface area contributed by atoms with Gasteiger partial charge in [-0.05, 0) is 98.9 Å². The summed E-state index contributed by atoms with van der Waals surface area (Å²) in [5.74, 6) is -5.81. The molecule has 2 aromatic carbocycles. The molecule has 2 aliphatic heterocycles. The van der Waals surface area contributed by atoms with Crippen LogP contribution >= 0.6 is 0 Å². The van der Waals surface area contributed by atoms with Crippen molar-refractivity contribution in [2.75, 3.05) is 66.9 Å². The molecule has 4 rings (SSSR count). The number of likely N-dealkylation sites (N-methyl/N-ethyl adjacent to an activating group) is 2. The number of methoxy groups -OCH3 is 3. The molecule has 0 aliphatic carbocycles. The number of anilines is 1. The van der Waals surface area contributed by atoms with Crippen molar-refractivity contribution in [2.45, 2.75) is 194 Å². The summed E-state index contributed by atoms with van der Waals surface area (Å²) in [5, 5.41) is 16.9. The molecule has 2 aliphatic rings. The maximum Gasteiger partial charge on any atom is 0.328 e. The molecule has 522 valence electrons. The third-order valence-electron chi connectivity index (χ3n) is 18.0. The van der Waals surface area contributed by atoms with Gasteiger partial charge in [-0.1, -0.05) is 118 Å². The third-order valence-corrected chi connectivity index (χ3v) is 18.0. The Morgan fingerprint density at radius 1 is 0.691 bits per heavy atom. The van der Waals surface area contributed by atoms with Crippen LogP contribution in [0, 0.1) is 29.6 Å². The smallest absolute Gasteiger partial charge is 0.328 e. The summed E-state index contributed by atoms with van der Waals surface area (Å²) in [6.45, 7) is 18.2. The molecule has 25 heteroatoms. The van der Waals surface area contributed by atoms with E-state index in [2.05, 4.69) is 31.9 Å². The number of hydrogen-bond donors (Lipinski definition) is 7. The van der Waals surface area contributed by atoms with Gasteiger partial charge in [0.25, 0.3) is 11.8 Å². The van der Waals surface area contributed by atoms with Crippen LogP contribution in [0.25, 0.3) is 0 Å². The van der Waals surface area contributed by atoms with Gasteiger partial charge in [-0.3, -0.25) is 53.0 Å². The minimum atomic E-state index is -1.06. The number of carbonyl (C=O) groups is 11. The van der Waals surface area contributed by atoms with Crippen molar-refractivity contribution in [3.8, 4) is 0 Å². The molecule has 94 heavy (non-hydrogen) atoms. The summed E-state index contributed by atoms with van der Waals surface area (Å²) in [7, 11) is 7.84. The van der Waals surface area contributed by atoms with Gasteiger partial charge in [0.2, 0.25) is 41.4 Å². The van der Waals surface area contributed by atoms with E-state index in [1.165, 1.54) is 33.5 Å². The van der Waals surface area contributed by atoms with Gasteiger partial charge in [0, 0.05) is 78.1 Å². The van der Waals surface area contributed by atoms with Crippen molar-refractivity contribution >= 4 is 70.9 Å². The molecule has 0 aromatic heterocycles. The van der Waals surface area contributed by atoms with Gasteiger partial charge in [0.15, 0.2) is 0 Å². The molecule has 1 fully saturated rings. The molecule has 2 aromatic rings. The number of rotatable bonds is 40. The monoisotopic (exact) mass is 1310 g/mol. The van der Waals surface area contributed by atoms with Gasteiger partial charge in [0.05, 0.1) is 49.8 Å². The zero-order valence-corrected chi connectivity index (χ0v) is 57.8. The predicted octanol–water partition coefficient (Wildman–Crippen LogP) is 4.65. The quantitative estimate of drug-likeness (QED) is 0.0271. The molecule has 1 saturated heterocycles. The van der Waals surface area contributed by atoms with Crippen molar-refractivity contribution in [1.29, 1.82) is 0 Å². The van der Waals surface area contributed by atoms with Gasteiger partial charge in [-0.25, -0.2) is 9.59 Å². The number of hydrogen-bond acceptors (Lipinski definition) is 15. The Bertz CT molecular complexity index is 2850. The van der Waals surface area contributed by atoms with Crippen molar-refractivity contribution in [1.82, 2.24) is 46.2 Å². The number of benzene rings is 2. The molecule has 11 amide bonds. The van der Waals surface area contributed by atoms with Crippen LogP contribution in [0.5, 0.6) is 0 Å². The summed E-state index contributed by atoms with van der Waals surface area (Å²) < 4.78 is 17.2. The normalized spacial score (nSPS) is 17.1. The molecule has 0 bridgehead atoms. The Morgan fingerprint density at radius 3 is 1.90 bits per heavy atom. The van der Waals surface area contributed by atoms with Crippen LogP contribution in [0.4, 0.5) is 10.5 Å². The molecule has 2 unspecified atom stereocenters. The lowest BCUT2D eigenvalue weighted by Crippen LogP contribution is -2.60. The maximum atomic E-state index is 14.9. The maximum absolute atomic E-state index is 14.9. The highest BCUT2D eigenvalue weighted by molar-refractivity contribution is 6.12. The SMILES string of the molecule is CC[C@H](C)C([C@@H](CC(=O)N1CCC[C@H]1[C@H](OC)[C@@H](C)C(=O)N[C@@H](Cc1ccccc1)C(=O)OC)OC)N(C)C(=O)[C@@H](NC(=O)C(C(C)C)N(C)CCc1ccc(NC(=O)[C@H](CCCNC(N)=O)NC(=O)[C@@H](NC(=O)CCCCCN2C(=O)C=CC2=O)C(C)C)cc1)C(C)C. The molecular formula is C69H107N11O14. The standard InChI is InChI=1S/C69H107N11O14/c1-15-45(8)61(53(92-12)41-57(84)79-38-23-27-52(79)62(93-13)46(9)63(85)74-51(68(90)94-14)40-48-24-18-16-19-25-48)78(11)67(89)59(43(4)5)76-66(88)60(44(6)7)77(10)39-35-47-29-31-49(32-30-47)72-64(86)50(26-22-36-71-69(70)91)73-65(87)58(42(2)3)75-54(81)28-20-17-21-37-80-55(82)33-34-56(80)83/h16,18-19,24-25,29-34,42-46,50-53,58-62H,15,17,20-23,26-28,35-41H2,1-14H3,(H,72,86)(H,73,87)(H,74,85)(H,75,81)(H,76,88)(H3,70,71,91)/t45-,46+,50-,51-,52-,53+,58-,59-,60?,61?,62+/m0/s1. The van der Waals surface area contributed by atoms with Crippen LogP contribution in [0.1, 0.15) is 138 Å². The number of primary amides is 1. The van der Waals surface area contributed by atoms with E-state index in [0.29, 0.717) is 70.1 Å². The first-order chi connectivity index (χ1) is 44.6. The summed E-state index contributed by atoms with van der Waals surface area (Å²) in [5.41, 5.74) is 7.46. The first-order valence-electron chi connectivity index (χ1n) is 33.2. The van der Waals surface area contributed by atoms with Crippen LogP contribution in [0.15, 0.2) is 66.7 Å². The van der Waals surface area contributed by atoms with E-state index >= 15 is 0 Å². The summed E-state index contributed by atoms with van der Waals surface area (Å²) >= 11 is 0. The second kappa shape index (κ2) is 39.2. The summed E-state index contributed by atoms with van der Waals surface area (Å²) in [6.07, 6.45) is 5.64. The Morgan fingerprint density at radius 2 is 1.33 bits per heavy atom. The highest BCUT2D eigenvalue weighted by Crippen LogP contribution is 2.30. The topological polar surface area (TPSA) is 327 Å². The molecule has 8 N–H and O–H groups in total. The van der Waals surface area contributed by atoms with E-state index in [-0.39, 0.29) is 97.9 Å². The molecule has 0 radical (unpaired) electrons. The second-order valence-electron chi connectivity index (χ2n) is 26.0. The van der Waals surface area contributed by atoms with Crippen LogP contribution in [0.3, 0.4) is 0 Å². The van der Waals surface area contributed by atoms with E-state index in [9.17, 15) is 52.7 Å². The minimum absolute atomic E-state index is 0.0729. The second-order valence-corrected chi connectivity index (χ2v) is 26.0. The zero-order chi connectivity index (χ0) is 69.9. The number of esters is 1. The lowest BCUT2D eigenvalue weighted by Gasteiger charge is -2.41. The number of nitrogens with one attached hydrogen (secondary N) is 6. The van der Waals surface area contributed by atoms with E-state index in [4.69, 9.17) is 19.9 Å². The van der Waals surface area contributed by atoms with Crippen LogP contribution < -0.4 is 37.6 Å². The first kappa shape index (κ1) is 78.7. The fraction of sp³-hybridized carbons (Fsp3) is 0.638. The number of imide groups is 1. The lowest BCUT2D eigenvalue weighted by atomic mass is 9.89. The number of likely N-dealkylation sites (tertiary alicyclic amines) is 1. The Hall–Kier alpha value is -7.77.